The van der Waals surface area contributed by atoms with E-state index in [0.717, 1.165) is 22.7 Å². The van der Waals surface area contributed by atoms with Crippen LogP contribution in [0.1, 0.15) is 40.1 Å². The van der Waals surface area contributed by atoms with Crippen molar-refractivity contribution in [3.63, 3.8) is 0 Å². The first-order valence-corrected chi connectivity index (χ1v) is 11.2. The number of carboxylic acids is 2. The first-order valence-electron chi connectivity index (χ1n) is 9.55. The standard InChI is InChI=1S/C22H16N4O6S2/c23-14-13-15(24)17(19(28)26-12-6-2-4-10(8-12)21(31)32)34-22(13)33-16(14)18(27)25-11-5-1-3-9(7-11)20(29)30/h1-8H,23-24H2,(H,25,27)(H,26,28)(H,29,30)(H,31,32). The summed E-state index contributed by atoms with van der Waals surface area (Å²) in [5.74, 6) is -3.32. The number of nitrogens with two attached hydrogens (primary N) is 2. The number of amides is 2. The Hall–Kier alpha value is -4.42. The lowest BCUT2D eigenvalue weighted by atomic mass is 10.2. The van der Waals surface area contributed by atoms with Gasteiger partial charge in [-0.25, -0.2) is 9.59 Å². The third-order valence-electron chi connectivity index (χ3n) is 4.77. The minimum Gasteiger partial charge on any atom is -0.478 e. The molecule has 0 bridgehead atoms. The predicted octanol–water partition coefficient (Wildman–Crippen LogP) is 4.03. The smallest absolute Gasteiger partial charge is 0.335 e. The molecule has 12 heteroatoms. The van der Waals surface area contributed by atoms with E-state index < -0.39 is 23.8 Å². The van der Waals surface area contributed by atoms with E-state index >= 15 is 0 Å². The van der Waals surface area contributed by atoms with Gasteiger partial charge in [-0.15, -0.1) is 22.7 Å². The number of nitrogens with one attached hydrogen (secondary N) is 2. The fourth-order valence-corrected chi connectivity index (χ4v) is 5.58. The minimum absolute atomic E-state index is 0.0201. The molecule has 0 aliphatic carbocycles. The number of carboxylic acid groups (broad SMARTS) is 2. The van der Waals surface area contributed by atoms with Gasteiger partial charge in [-0.05, 0) is 36.4 Å². The monoisotopic (exact) mass is 496 g/mol. The molecule has 0 aliphatic rings. The predicted molar refractivity (Wildman–Crippen MR) is 131 cm³/mol. The molecule has 2 heterocycles. The highest BCUT2D eigenvalue weighted by atomic mass is 32.2. The quantitative estimate of drug-likeness (QED) is 0.231. The second-order valence-corrected chi connectivity index (χ2v) is 9.33. The van der Waals surface area contributed by atoms with Gasteiger partial charge in [0.2, 0.25) is 0 Å². The highest BCUT2D eigenvalue weighted by Gasteiger charge is 2.25. The lowest BCUT2D eigenvalue weighted by Gasteiger charge is -2.07. The molecule has 0 radical (unpaired) electrons. The highest BCUT2D eigenvalue weighted by molar-refractivity contribution is 7.40. The van der Waals surface area contributed by atoms with Crippen LogP contribution in [-0.4, -0.2) is 34.0 Å². The van der Waals surface area contributed by atoms with Crippen molar-refractivity contribution in [2.75, 3.05) is 22.1 Å². The molecule has 4 rings (SSSR count). The first-order chi connectivity index (χ1) is 16.2. The van der Waals surface area contributed by atoms with E-state index in [4.69, 9.17) is 21.7 Å². The van der Waals surface area contributed by atoms with Crippen LogP contribution in [0.3, 0.4) is 0 Å². The van der Waals surface area contributed by atoms with E-state index in [1.807, 2.05) is 0 Å². The highest BCUT2D eigenvalue weighted by Crippen LogP contribution is 2.45. The van der Waals surface area contributed by atoms with Crippen LogP contribution >= 0.6 is 22.7 Å². The van der Waals surface area contributed by atoms with Gasteiger partial charge in [0.1, 0.15) is 9.75 Å². The van der Waals surface area contributed by atoms with Gasteiger partial charge < -0.3 is 32.3 Å². The summed E-state index contributed by atoms with van der Waals surface area (Å²) in [7, 11) is 0. The zero-order valence-electron chi connectivity index (χ0n) is 17.1. The normalized spacial score (nSPS) is 10.7. The molecule has 10 nitrogen and oxygen atoms in total. The van der Waals surface area contributed by atoms with Gasteiger partial charge in [-0.2, -0.15) is 0 Å². The maximum absolute atomic E-state index is 12.8. The Morgan fingerprint density at radius 1 is 0.706 bits per heavy atom. The summed E-state index contributed by atoms with van der Waals surface area (Å²) in [4.78, 5) is 48.1. The van der Waals surface area contributed by atoms with Crippen LogP contribution in [0, 0.1) is 0 Å². The molecule has 0 unspecified atom stereocenters. The summed E-state index contributed by atoms with van der Waals surface area (Å²) in [5, 5.41) is 23.8. The molecular weight excluding hydrogens is 480 g/mol. The Bertz CT molecular complexity index is 1380. The summed E-state index contributed by atoms with van der Waals surface area (Å²) < 4.78 is 0.559. The number of hydrogen-bond donors (Lipinski definition) is 6. The molecule has 8 N–H and O–H groups in total. The fraction of sp³-hybridized carbons (Fsp3) is 0. The number of rotatable bonds is 6. The largest absolute Gasteiger partial charge is 0.478 e. The molecule has 4 aromatic rings. The summed E-state index contributed by atoms with van der Waals surface area (Å²) in [6, 6.07) is 11.6. The van der Waals surface area contributed by atoms with Crippen molar-refractivity contribution in [3.05, 3.63) is 69.4 Å². The van der Waals surface area contributed by atoms with E-state index in [0.29, 0.717) is 9.40 Å². The molecule has 2 aromatic heterocycles. The molecule has 2 aromatic carbocycles. The Balaban J connectivity index is 1.59. The third kappa shape index (κ3) is 4.27. The first kappa shape index (κ1) is 22.8. The molecule has 0 fully saturated rings. The average molecular weight is 497 g/mol. The Kier molecular flexibility index (Phi) is 5.92. The molecule has 34 heavy (non-hydrogen) atoms. The van der Waals surface area contributed by atoms with Crippen LogP contribution in [0.25, 0.3) is 9.40 Å². The average Bonchev–Trinajstić information content (AvgIpc) is 3.30. The van der Waals surface area contributed by atoms with Gasteiger partial charge in [-0.1, -0.05) is 12.1 Å². The number of carbonyl (C=O) groups is 4. The summed E-state index contributed by atoms with van der Waals surface area (Å²) in [6.45, 7) is 0. The number of hydrogen-bond acceptors (Lipinski definition) is 8. The van der Waals surface area contributed by atoms with Crippen molar-refractivity contribution < 1.29 is 29.4 Å². The van der Waals surface area contributed by atoms with Crippen molar-refractivity contribution in [2.45, 2.75) is 0 Å². The van der Waals surface area contributed by atoms with E-state index in [9.17, 15) is 19.2 Å². The van der Waals surface area contributed by atoms with E-state index in [1.54, 1.807) is 12.1 Å². The van der Waals surface area contributed by atoms with E-state index in [2.05, 4.69) is 10.6 Å². The summed E-state index contributed by atoms with van der Waals surface area (Å²) in [5.41, 5.74) is 13.2. The second kappa shape index (κ2) is 8.84. The SMILES string of the molecule is Nc1c(C(=O)Nc2cccc(C(=O)O)c2)sc2sc(C(=O)Nc3cccc(C(=O)O)c3)c(N)c12. The lowest BCUT2D eigenvalue weighted by Crippen LogP contribution is -2.13. The van der Waals surface area contributed by atoms with Gasteiger partial charge in [0.15, 0.2) is 0 Å². The van der Waals surface area contributed by atoms with Crippen LogP contribution in [0.4, 0.5) is 22.7 Å². The number of carbonyl (C=O) groups excluding carboxylic acids is 2. The molecule has 0 atom stereocenters. The fourth-order valence-electron chi connectivity index (χ4n) is 3.18. The summed E-state index contributed by atoms with van der Waals surface area (Å²) >= 11 is 2.11. The van der Waals surface area contributed by atoms with Crippen molar-refractivity contribution >= 4 is 78.6 Å². The van der Waals surface area contributed by atoms with E-state index in [-0.39, 0.29) is 43.6 Å². The molecular formula is C22H16N4O6S2. The van der Waals surface area contributed by atoms with Crippen molar-refractivity contribution in [1.82, 2.24) is 0 Å². The van der Waals surface area contributed by atoms with Crippen molar-refractivity contribution in [1.29, 1.82) is 0 Å². The molecule has 0 spiro atoms. The van der Waals surface area contributed by atoms with Gasteiger partial charge in [-0.3, -0.25) is 9.59 Å². The van der Waals surface area contributed by atoms with Crippen molar-refractivity contribution in [3.8, 4) is 0 Å². The van der Waals surface area contributed by atoms with Gasteiger partial charge in [0.25, 0.3) is 11.8 Å². The van der Waals surface area contributed by atoms with Crippen LogP contribution in [-0.2, 0) is 0 Å². The van der Waals surface area contributed by atoms with Crippen LogP contribution in [0.5, 0.6) is 0 Å². The Labute approximate surface area is 199 Å². The van der Waals surface area contributed by atoms with Gasteiger partial charge >= 0.3 is 11.9 Å². The van der Waals surface area contributed by atoms with Crippen LogP contribution < -0.4 is 22.1 Å². The number of aromatic carboxylic acids is 2. The second-order valence-electron chi connectivity index (χ2n) is 7.03. The van der Waals surface area contributed by atoms with E-state index in [1.165, 1.54) is 36.4 Å². The Morgan fingerprint density at radius 2 is 1.12 bits per heavy atom. The third-order valence-corrected chi connectivity index (χ3v) is 7.27. The molecule has 172 valence electrons. The molecule has 0 aliphatic heterocycles. The maximum atomic E-state index is 12.8. The van der Waals surface area contributed by atoms with Crippen LogP contribution in [0.15, 0.2) is 48.5 Å². The Morgan fingerprint density at radius 3 is 1.47 bits per heavy atom. The number of benzene rings is 2. The molecule has 2 amide bonds. The lowest BCUT2D eigenvalue weighted by molar-refractivity contribution is 0.0686. The number of fused-ring (bicyclic) bond motifs is 1. The minimum atomic E-state index is -1.12. The number of anilines is 4. The maximum Gasteiger partial charge on any atom is 0.335 e. The zero-order valence-corrected chi connectivity index (χ0v) is 18.8. The van der Waals surface area contributed by atoms with Gasteiger partial charge in [0.05, 0.1) is 31.9 Å². The van der Waals surface area contributed by atoms with Crippen molar-refractivity contribution in [2.24, 2.45) is 0 Å². The summed E-state index contributed by atoms with van der Waals surface area (Å²) in [6.07, 6.45) is 0. The zero-order chi connectivity index (χ0) is 24.6. The van der Waals surface area contributed by atoms with Gasteiger partial charge in [0, 0.05) is 11.4 Å². The topological polar surface area (TPSA) is 185 Å². The molecule has 0 saturated carbocycles. The molecule has 0 saturated heterocycles. The number of thiophene rings is 2. The van der Waals surface area contributed by atoms with Crippen LogP contribution in [0.2, 0.25) is 0 Å². The number of nitrogen functional groups attached to an aromatic ring is 2.